The third-order valence-electron chi connectivity index (χ3n) is 3.94. The third kappa shape index (κ3) is 4.69. The van der Waals surface area contributed by atoms with Gasteiger partial charge in [0, 0.05) is 37.0 Å². The second-order valence-corrected chi connectivity index (χ2v) is 6.06. The maximum atomic E-state index is 12.2. The van der Waals surface area contributed by atoms with Crippen LogP contribution in [0.1, 0.15) is 23.4 Å². The molecule has 0 bridgehead atoms. The molecule has 1 amide bonds. The van der Waals surface area contributed by atoms with Crippen molar-refractivity contribution >= 4 is 5.91 Å². The van der Waals surface area contributed by atoms with E-state index in [1.165, 1.54) is 0 Å². The number of aromatic nitrogens is 3. The minimum Gasteiger partial charge on any atom is -0.439 e. The van der Waals surface area contributed by atoms with Gasteiger partial charge in [-0.2, -0.15) is 5.10 Å². The lowest BCUT2D eigenvalue weighted by Gasteiger charge is -2.11. The number of carbonyl (C=O) groups is 1. The number of hydrogen-bond acceptors (Lipinski definition) is 4. The number of amides is 1. The van der Waals surface area contributed by atoms with Crippen molar-refractivity contribution in [3.8, 4) is 11.6 Å². The molecule has 0 aliphatic rings. The Hall–Kier alpha value is -3.15. The Bertz CT molecular complexity index is 875. The average molecular weight is 350 g/mol. The highest BCUT2D eigenvalue weighted by Crippen LogP contribution is 2.22. The van der Waals surface area contributed by atoms with Crippen molar-refractivity contribution in [3.05, 3.63) is 71.7 Å². The quantitative estimate of drug-likeness (QED) is 0.709. The molecule has 6 heteroatoms. The van der Waals surface area contributed by atoms with E-state index in [-0.39, 0.29) is 5.91 Å². The molecule has 0 spiro atoms. The van der Waals surface area contributed by atoms with Crippen LogP contribution in [-0.4, -0.2) is 20.7 Å². The van der Waals surface area contributed by atoms with Crippen LogP contribution in [0.25, 0.3) is 0 Å². The maximum absolute atomic E-state index is 12.2. The van der Waals surface area contributed by atoms with E-state index in [1.54, 1.807) is 6.20 Å². The summed E-state index contributed by atoms with van der Waals surface area (Å²) in [7, 11) is 0. The number of nitrogens with zero attached hydrogens (tertiary/aromatic N) is 3. The van der Waals surface area contributed by atoms with Gasteiger partial charge in [-0.3, -0.25) is 9.48 Å². The highest BCUT2D eigenvalue weighted by molar-refractivity contribution is 5.75. The van der Waals surface area contributed by atoms with Crippen LogP contribution < -0.4 is 10.1 Å². The molecule has 0 aliphatic heterocycles. The molecule has 0 aliphatic carbocycles. The number of hydrogen-bond donors (Lipinski definition) is 1. The van der Waals surface area contributed by atoms with Crippen LogP contribution in [0.15, 0.2) is 54.7 Å². The van der Waals surface area contributed by atoms with Gasteiger partial charge in [0.25, 0.3) is 0 Å². The van der Waals surface area contributed by atoms with Crippen LogP contribution >= 0.6 is 0 Å². The van der Waals surface area contributed by atoms with Crippen LogP contribution in [0.5, 0.6) is 11.6 Å². The molecular weight excluding hydrogens is 328 g/mol. The second kappa shape index (κ2) is 8.29. The Morgan fingerprint density at radius 3 is 2.69 bits per heavy atom. The lowest BCUT2D eigenvalue weighted by atomic mass is 10.2. The summed E-state index contributed by atoms with van der Waals surface area (Å²) < 4.78 is 7.66. The topological polar surface area (TPSA) is 69.0 Å². The molecule has 134 valence electrons. The molecule has 2 heterocycles. The molecule has 1 N–H and O–H groups in total. The van der Waals surface area contributed by atoms with E-state index < -0.39 is 0 Å². The number of carbonyl (C=O) groups excluding carboxylic acids is 1. The molecule has 0 atom stereocenters. The summed E-state index contributed by atoms with van der Waals surface area (Å²) in [6.45, 7) is 4.86. The largest absolute Gasteiger partial charge is 0.439 e. The van der Waals surface area contributed by atoms with E-state index in [1.807, 2.05) is 67.1 Å². The van der Waals surface area contributed by atoms with E-state index in [2.05, 4.69) is 15.4 Å². The zero-order chi connectivity index (χ0) is 18.4. The molecule has 1 aromatic carbocycles. The van der Waals surface area contributed by atoms with Gasteiger partial charge in [-0.05, 0) is 38.1 Å². The predicted octanol–water partition coefficient (Wildman–Crippen LogP) is 3.39. The first-order chi connectivity index (χ1) is 12.6. The average Bonchev–Trinajstić information content (AvgIpc) is 2.97. The summed E-state index contributed by atoms with van der Waals surface area (Å²) in [4.78, 5) is 16.4. The van der Waals surface area contributed by atoms with Crippen molar-refractivity contribution in [1.82, 2.24) is 20.1 Å². The fourth-order valence-corrected chi connectivity index (χ4v) is 2.64. The summed E-state index contributed by atoms with van der Waals surface area (Å²) >= 11 is 0. The molecule has 0 unspecified atom stereocenters. The van der Waals surface area contributed by atoms with Crippen molar-refractivity contribution in [1.29, 1.82) is 0 Å². The summed E-state index contributed by atoms with van der Waals surface area (Å²) in [5.41, 5.74) is 2.85. The first-order valence-electron chi connectivity index (χ1n) is 8.56. The highest BCUT2D eigenvalue weighted by Gasteiger charge is 2.09. The van der Waals surface area contributed by atoms with Crippen molar-refractivity contribution in [2.75, 3.05) is 0 Å². The fraction of sp³-hybridized carbons (Fsp3) is 0.250. The van der Waals surface area contributed by atoms with Crippen molar-refractivity contribution < 1.29 is 9.53 Å². The normalized spacial score (nSPS) is 10.5. The Morgan fingerprint density at radius 2 is 1.96 bits per heavy atom. The molecular formula is C20H22N4O2. The van der Waals surface area contributed by atoms with Gasteiger partial charge in [-0.1, -0.05) is 24.3 Å². The van der Waals surface area contributed by atoms with Crippen molar-refractivity contribution in [2.45, 2.75) is 33.4 Å². The number of ether oxygens (including phenoxy) is 1. The Balaban J connectivity index is 1.56. The SMILES string of the molecule is Cc1cc(C)n(CCC(=O)NCc2cccnc2Oc2ccccc2)n1. The molecule has 3 aromatic rings. The molecule has 26 heavy (non-hydrogen) atoms. The Morgan fingerprint density at radius 1 is 1.15 bits per heavy atom. The van der Waals surface area contributed by atoms with E-state index in [9.17, 15) is 4.79 Å². The molecule has 0 fully saturated rings. The van der Waals surface area contributed by atoms with Crippen LogP contribution in [0.4, 0.5) is 0 Å². The van der Waals surface area contributed by atoms with Crippen LogP contribution in [-0.2, 0) is 17.9 Å². The smallest absolute Gasteiger partial charge is 0.224 e. The van der Waals surface area contributed by atoms with Gasteiger partial charge in [-0.25, -0.2) is 4.98 Å². The summed E-state index contributed by atoms with van der Waals surface area (Å²) in [6, 6.07) is 15.2. The van der Waals surface area contributed by atoms with Gasteiger partial charge in [0.05, 0.1) is 5.69 Å². The van der Waals surface area contributed by atoms with E-state index in [0.717, 1.165) is 17.0 Å². The number of benzene rings is 1. The minimum absolute atomic E-state index is 0.0351. The monoisotopic (exact) mass is 350 g/mol. The first-order valence-corrected chi connectivity index (χ1v) is 8.56. The maximum Gasteiger partial charge on any atom is 0.224 e. The van der Waals surface area contributed by atoms with Crippen molar-refractivity contribution in [3.63, 3.8) is 0 Å². The van der Waals surface area contributed by atoms with Gasteiger partial charge in [-0.15, -0.1) is 0 Å². The second-order valence-electron chi connectivity index (χ2n) is 6.06. The van der Waals surface area contributed by atoms with E-state index in [4.69, 9.17) is 4.74 Å². The minimum atomic E-state index is -0.0351. The summed E-state index contributed by atoms with van der Waals surface area (Å²) in [5.74, 6) is 1.17. The lowest BCUT2D eigenvalue weighted by Crippen LogP contribution is -2.24. The Labute approximate surface area is 152 Å². The van der Waals surface area contributed by atoms with Crippen LogP contribution in [0.3, 0.4) is 0 Å². The first kappa shape index (κ1) is 17.7. The molecule has 3 rings (SSSR count). The van der Waals surface area contributed by atoms with Gasteiger partial charge in [0.2, 0.25) is 11.8 Å². The number of para-hydroxylation sites is 1. The highest BCUT2D eigenvalue weighted by atomic mass is 16.5. The number of rotatable bonds is 7. The van der Waals surface area contributed by atoms with Gasteiger partial charge in [0.1, 0.15) is 5.75 Å². The zero-order valence-corrected chi connectivity index (χ0v) is 15.0. The lowest BCUT2D eigenvalue weighted by molar-refractivity contribution is -0.121. The molecule has 0 saturated carbocycles. The summed E-state index contributed by atoms with van der Waals surface area (Å²) in [6.07, 6.45) is 2.05. The van der Waals surface area contributed by atoms with Crippen LogP contribution in [0, 0.1) is 13.8 Å². The van der Waals surface area contributed by atoms with Crippen LogP contribution in [0.2, 0.25) is 0 Å². The number of pyridine rings is 1. The zero-order valence-electron chi connectivity index (χ0n) is 15.0. The third-order valence-corrected chi connectivity index (χ3v) is 3.94. The van der Waals surface area contributed by atoms with Crippen molar-refractivity contribution in [2.24, 2.45) is 0 Å². The molecule has 0 radical (unpaired) electrons. The summed E-state index contributed by atoms with van der Waals surface area (Å²) in [5, 5.41) is 7.29. The van der Waals surface area contributed by atoms with E-state index in [0.29, 0.717) is 31.1 Å². The van der Waals surface area contributed by atoms with Gasteiger partial charge in [0.15, 0.2) is 0 Å². The fourth-order valence-electron chi connectivity index (χ4n) is 2.64. The van der Waals surface area contributed by atoms with Gasteiger partial charge < -0.3 is 10.1 Å². The molecule has 2 aromatic heterocycles. The number of nitrogens with one attached hydrogen (secondary N) is 1. The Kier molecular flexibility index (Phi) is 5.63. The molecule has 6 nitrogen and oxygen atoms in total. The molecule has 0 saturated heterocycles. The predicted molar refractivity (Wildman–Crippen MR) is 98.9 cm³/mol. The van der Waals surface area contributed by atoms with E-state index >= 15 is 0 Å². The van der Waals surface area contributed by atoms with Gasteiger partial charge >= 0.3 is 0 Å². The standard InChI is InChI=1S/C20H22N4O2/c1-15-13-16(2)24(23-15)12-10-19(25)22-14-17-7-6-11-21-20(17)26-18-8-4-3-5-9-18/h3-9,11,13H,10,12,14H2,1-2H3,(H,22,25). The number of aryl methyl sites for hydroxylation is 3.